The van der Waals surface area contributed by atoms with E-state index in [1.807, 2.05) is 38.1 Å². The minimum absolute atomic E-state index is 0.0287. The molecule has 0 fully saturated rings. The van der Waals surface area contributed by atoms with Crippen molar-refractivity contribution in [1.82, 2.24) is 9.97 Å². The van der Waals surface area contributed by atoms with Crippen LogP contribution in [0.15, 0.2) is 30.5 Å². The Morgan fingerprint density at radius 3 is 2.72 bits per heavy atom. The van der Waals surface area contributed by atoms with Gasteiger partial charge in [0.1, 0.15) is 0 Å². The molecule has 0 bridgehead atoms. The lowest BCUT2D eigenvalue weighted by Gasteiger charge is -2.23. The Balaban J connectivity index is 1.83. The molecular weight excluding hydrogens is 338 g/mol. The number of rotatable bonds is 4. The topological polar surface area (TPSA) is 72.0 Å². The second-order valence-corrected chi connectivity index (χ2v) is 6.87. The molecule has 5 nitrogen and oxygen atoms in total. The van der Waals surface area contributed by atoms with Crippen LogP contribution in [0.1, 0.15) is 54.2 Å². The van der Waals surface area contributed by atoms with Gasteiger partial charge in [-0.05, 0) is 36.5 Å². The molecule has 1 aromatic carbocycles. The Labute approximate surface area is 151 Å². The van der Waals surface area contributed by atoms with Crippen molar-refractivity contribution < 1.29 is 9.59 Å². The number of carbonyl (C=O) groups excluding carboxylic acids is 2. The predicted octanol–water partition coefficient (Wildman–Crippen LogP) is 4.03. The average Bonchev–Trinajstić information content (AvgIpc) is 2.61. The molecule has 3 rings (SSSR count). The van der Waals surface area contributed by atoms with Gasteiger partial charge in [0, 0.05) is 23.6 Å². The molecular formula is C19H20ClN3O2. The van der Waals surface area contributed by atoms with Gasteiger partial charge in [-0.15, -0.1) is 0 Å². The molecule has 1 aromatic heterocycles. The van der Waals surface area contributed by atoms with E-state index in [2.05, 4.69) is 15.3 Å². The van der Waals surface area contributed by atoms with Crippen LogP contribution in [0.2, 0.25) is 5.02 Å². The fourth-order valence-corrected chi connectivity index (χ4v) is 3.02. The molecule has 6 heteroatoms. The van der Waals surface area contributed by atoms with Gasteiger partial charge in [0.25, 0.3) is 0 Å². The van der Waals surface area contributed by atoms with Gasteiger partial charge in [0.05, 0.1) is 11.3 Å². The van der Waals surface area contributed by atoms with E-state index in [0.717, 1.165) is 12.0 Å². The Kier molecular flexibility index (Phi) is 5.13. The highest BCUT2D eigenvalue weighted by molar-refractivity contribution is 6.30. The lowest BCUT2D eigenvalue weighted by atomic mass is 9.82. The molecule has 1 N–H and O–H groups in total. The number of halogens is 1. The van der Waals surface area contributed by atoms with Crippen molar-refractivity contribution in [3.63, 3.8) is 0 Å². The first-order chi connectivity index (χ1) is 12.0. The van der Waals surface area contributed by atoms with Gasteiger partial charge in [0.15, 0.2) is 5.78 Å². The van der Waals surface area contributed by atoms with E-state index in [9.17, 15) is 9.59 Å². The number of hydrogen-bond acceptors (Lipinski definition) is 4. The number of Topliss-reactive ketones (excluding diaryl/α,β-unsaturated/α-hetero) is 1. The number of ketones is 1. The summed E-state index contributed by atoms with van der Waals surface area (Å²) in [5.74, 6) is 0.127. The van der Waals surface area contributed by atoms with Gasteiger partial charge < -0.3 is 0 Å². The van der Waals surface area contributed by atoms with Crippen LogP contribution in [0.3, 0.4) is 0 Å². The molecule has 0 spiro atoms. The Morgan fingerprint density at radius 1 is 1.32 bits per heavy atom. The zero-order valence-electron chi connectivity index (χ0n) is 14.3. The van der Waals surface area contributed by atoms with Crippen LogP contribution in [0.4, 0.5) is 5.95 Å². The molecule has 130 valence electrons. The maximum atomic E-state index is 12.4. The standard InChI is InChI=1S/C19H20ClN3O2/c1-3-11(2)18(25)23-19-21-10-15-16(22-19)8-13(9-17(15)24)12-4-6-14(20)7-5-12/h4-7,10-11,13H,3,8-9H2,1-2H3,(H,21,22,23,25). The van der Waals surface area contributed by atoms with Crippen LogP contribution in [0, 0.1) is 5.92 Å². The Hall–Kier alpha value is -2.27. The summed E-state index contributed by atoms with van der Waals surface area (Å²) in [7, 11) is 0. The van der Waals surface area contributed by atoms with Gasteiger partial charge in [-0.2, -0.15) is 0 Å². The van der Waals surface area contributed by atoms with Gasteiger partial charge in [-0.1, -0.05) is 37.6 Å². The first kappa shape index (κ1) is 17.5. The number of aromatic nitrogens is 2. The summed E-state index contributed by atoms with van der Waals surface area (Å²) in [4.78, 5) is 33.0. The van der Waals surface area contributed by atoms with Crippen LogP contribution in [0.25, 0.3) is 0 Å². The lowest BCUT2D eigenvalue weighted by molar-refractivity contribution is -0.119. The number of anilines is 1. The van der Waals surface area contributed by atoms with Crippen LogP contribution >= 0.6 is 11.6 Å². The molecule has 2 unspecified atom stereocenters. The molecule has 0 aliphatic heterocycles. The average molecular weight is 358 g/mol. The second-order valence-electron chi connectivity index (χ2n) is 6.43. The monoisotopic (exact) mass is 357 g/mol. The molecule has 0 radical (unpaired) electrons. The maximum Gasteiger partial charge on any atom is 0.229 e. The normalized spacial score (nSPS) is 17.7. The van der Waals surface area contributed by atoms with E-state index >= 15 is 0 Å². The summed E-state index contributed by atoms with van der Waals surface area (Å²) in [5.41, 5.74) is 2.30. The fourth-order valence-electron chi connectivity index (χ4n) is 2.89. The third kappa shape index (κ3) is 3.87. The molecule has 1 aliphatic rings. The SMILES string of the molecule is CCC(C)C(=O)Nc1ncc2c(n1)CC(c1ccc(Cl)cc1)CC2=O. The summed E-state index contributed by atoms with van der Waals surface area (Å²) in [6, 6.07) is 7.54. The number of nitrogens with zero attached hydrogens (tertiary/aromatic N) is 2. The van der Waals surface area contributed by atoms with Gasteiger partial charge in [0.2, 0.25) is 11.9 Å². The first-order valence-electron chi connectivity index (χ1n) is 8.43. The number of nitrogens with one attached hydrogen (secondary N) is 1. The van der Waals surface area contributed by atoms with Crippen molar-refractivity contribution >= 4 is 29.2 Å². The largest absolute Gasteiger partial charge is 0.294 e. The summed E-state index contributed by atoms with van der Waals surface area (Å²) in [6.45, 7) is 3.81. The van der Waals surface area contributed by atoms with E-state index in [-0.39, 0.29) is 29.5 Å². The molecule has 2 aromatic rings. The van der Waals surface area contributed by atoms with E-state index in [1.165, 1.54) is 6.20 Å². The number of amides is 1. The molecule has 1 heterocycles. The molecule has 1 amide bonds. The van der Waals surface area contributed by atoms with Gasteiger partial charge in [-0.3, -0.25) is 14.9 Å². The number of carbonyl (C=O) groups is 2. The minimum Gasteiger partial charge on any atom is -0.294 e. The van der Waals surface area contributed by atoms with Crippen molar-refractivity contribution in [3.05, 3.63) is 52.3 Å². The molecule has 0 saturated heterocycles. The third-order valence-corrected chi connectivity index (χ3v) is 4.93. The second kappa shape index (κ2) is 7.31. The van der Waals surface area contributed by atoms with Crippen LogP contribution < -0.4 is 5.32 Å². The highest BCUT2D eigenvalue weighted by atomic mass is 35.5. The number of fused-ring (bicyclic) bond motifs is 1. The van der Waals surface area contributed by atoms with Crippen molar-refractivity contribution in [1.29, 1.82) is 0 Å². The highest BCUT2D eigenvalue weighted by Gasteiger charge is 2.28. The minimum atomic E-state index is -0.112. The zero-order chi connectivity index (χ0) is 18.0. The van der Waals surface area contributed by atoms with E-state index < -0.39 is 0 Å². The Morgan fingerprint density at radius 2 is 2.04 bits per heavy atom. The summed E-state index contributed by atoms with van der Waals surface area (Å²) in [5, 5.41) is 3.40. The summed E-state index contributed by atoms with van der Waals surface area (Å²) in [6.07, 6.45) is 3.33. The van der Waals surface area contributed by atoms with Crippen LogP contribution in [-0.2, 0) is 11.2 Å². The third-order valence-electron chi connectivity index (χ3n) is 4.68. The maximum absolute atomic E-state index is 12.4. The Bertz CT molecular complexity index is 805. The van der Waals surface area contributed by atoms with Crippen LogP contribution in [-0.4, -0.2) is 21.7 Å². The predicted molar refractivity (Wildman–Crippen MR) is 97.0 cm³/mol. The van der Waals surface area contributed by atoms with Crippen molar-refractivity contribution in [2.24, 2.45) is 5.92 Å². The van der Waals surface area contributed by atoms with E-state index in [0.29, 0.717) is 29.1 Å². The molecule has 2 atom stereocenters. The summed E-state index contributed by atoms with van der Waals surface area (Å²) >= 11 is 5.94. The number of benzene rings is 1. The van der Waals surface area contributed by atoms with E-state index in [4.69, 9.17) is 11.6 Å². The smallest absolute Gasteiger partial charge is 0.229 e. The zero-order valence-corrected chi connectivity index (χ0v) is 15.0. The molecule has 0 saturated carbocycles. The van der Waals surface area contributed by atoms with Crippen LogP contribution in [0.5, 0.6) is 0 Å². The fraction of sp³-hybridized carbons (Fsp3) is 0.368. The van der Waals surface area contributed by atoms with Crippen molar-refractivity contribution in [3.8, 4) is 0 Å². The van der Waals surface area contributed by atoms with Crippen molar-refractivity contribution in [2.45, 2.75) is 39.0 Å². The molecule has 25 heavy (non-hydrogen) atoms. The van der Waals surface area contributed by atoms with Crippen molar-refractivity contribution in [2.75, 3.05) is 5.32 Å². The van der Waals surface area contributed by atoms with Gasteiger partial charge in [-0.25, -0.2) is 9.97 Å². The lowest BCUT2D eigenvalue weighted by Crippen LogP contribution is -2.24. The summed E-state index contributed by atoms with van der Waals surface area (Å²) < 4.78 is 0. The first-order valence-corrected chi connectivity index (χ1v) is 8.81. The highest BCUT2D eigenvalue weighted by Crippen LogP contribution is 2.32. The van der Waals surface area contributed by atoms with E-state index in [1.54, 1.807) is 0 Å². The van der Waals surface area contributed by atoms with Gasteiger partial charge >= 0.3 is 0 Å². The number of hydrogen-bond donors (Lipinski definition) is 1. The quantitative estimate of drug-likeness (QED) is 0.896. The molecule has 1 aliphatic carbocycles.